The molecule has 0 heterocycles. The summed E-state index contributed by atoms with van der Waals surface area (Å²) in [7, 11) is 0. The van der Waals surface area contributed by atoms with Gasteiger partial charge >= 0.3 is 12.3 Å². The van der Waals surface area contributed by atoms with Crippen molar-refractivity contribution in [3.63, 3.8) is 0 Å². The van der Waals surface area contributed by atoms with Gasteiger partial charge in [0.25, 0.3) is 0 Å². The van der Waals surface area contributed by atoms with Crippen LogP contribution in [0.4, 0.5) is 13.2 Å². The quantitative estimate of drug-likeness (QED) is 0.872. The van der Waals surface area contributed by atoms with Crippen LogP contribution >= 0.6 is 0 Å². The molecule has 0 fully saturated rings. The molecular weight excluding hydrogens is 279 g/mol. The largest absolute Gasteiger partial charge is 0.573 e. The van der Waals surface area contributed by atoms with Crippen LogP contribution in [0.15, 0.2) is 24.3 Å². The van der Waals surface area contributed by atoms with E-state index in [4.69, 9.17) is 5.11 Å². The average Bonchev–Trinajstić information content (AvgIpc) is 2.24. The number of nitrogens with one attached hydrogen (secondary N) is 1. The maximum atomic E-state index is 12.1. The van der Waals surface area contributed by atoms with Gasteiger partial charge in [0.1, 0.15) is 5.75 Å². The van der Waals surface area contributed by atoms with E-state index in [1.54, 1.807) is 0 Å². The fourth-order valence-electron chi connectivity index (χ4n) is 1.60. The molecule has 0 saturated heterocycles. The standard InChI is InChI=1S/C12H12F3NO4/c1-7(17)16-10(6-11(18)19)8-3-2-4-9(5-8)20-12(13,14)15/h2-5,10H,6H2,1H3,(H,16,17)(H,18,19). The predicted octanol–water partition coefficient (Wildman–Crippen LogP) is 2.24. The highest BCUT2D eigenvalue weighted by Gasteiger charge is 2.31. The lowest BCUT2D eigenvalue weighted by molar-refractivity contribution is -0.274. The number of hydrogen-bond acceptors (Lipinski definition) is 3. The molecule has 1 amide bonds. The van der Waals surface area contributed by atoms with Crippen LogP contribution in [0.2, 0.25) is 0 Å². The van der Waals surface area contributed by atoms with Crippen LogP contribution in [0.3, 0.4) is 0 Å². The number of benzene rings is 1. The molecule has 0 aromatic heterocycles. The molecule has 0 spiro atoms. The van der Waals surface area contributed by atoms with Gasteiger partial charge in [-0.05, 0) is 17.7 Å². The van der Waals surface area contributed by atoms with Crippen molar-refractivity contribution in [3.05, 3.63) is 29.8 Å². The van der Waals surface area contributed by atoms with E-state index in [2.05, 4.69) is 10.1 Å². The van der Waals surface area contributed by atoms with Gasteiger partial charge in [0.15, 0.2) is 0 Å². The number of rotatable bonds is 5. The molecule has 5 nitrogen and oxygen atoms in total. The van der Waals surface area contributed by atoms with Crippen LogP contribution in [0.1, 0.15) is 24.9 Å². The molecule has 2 N–H and O–H groups in total. The maximum Gasteiger partial charge on any atom is 0.573 e. The number of carbonyl (C=O) groups is 2. The second-order valence-electron chi connectivity index (χ2n) is 3.97. The van der Waals surface area contributed by atoms with E-state index in [0.29, 0.717) is 0 Å². The van der Waals surface area contributed by atoms with Gasteiger partial charge in [-0.25, -0.2) is 0 Å². The van der Waals surface area contributed by atoms with Crippen LogP contribution in [0.5, 0.6) is 5.75 Å². The molecule has 0 aliphatic rings. The number of alkyl halides is 3. The summed E-state index contributed by atoms with van der Waals surface area (Å²) in [5.41, 5.74) is 0.212. The average molecular weight is 291 g/mol. The Kier molecular flexibility index (Phi) is 4.95. The van der Waals surface area contributed by atoms with E-state index in [1.807, 2.05) is 0 Å². The Morgan fingerprint density at radius 2 is 2.05 bits per heavy atom. The zero-order chi connectivity index (χ0) is 15.3. The SMILES string of the molecule is CC(=O)NC(CC(=O)O)c1cccc(OC(F)(F)F)c1. The van der Waals surface area contributed by atoms with Gasteiger partial charge in [0, 0.05) is 6.92 Å². The van der Waals surface area contributed by atoms with E-state index in [-0.39, 0.29) is 5.56 Å². The highest BCUT2D eigenvalue weighted by Crippen LogP contribution is 2.26. The van der Waals surface area contributed by atoms with Crippen molar-refractivity contribution < 1.29 is 32.6 Å². The third-order valence-electron chi connectivity index (χ3n) is 2.25. The Balaban J connectivity index is 2.98. The topological polar surface area (TPSA) is 75.6 Å². The molecule has 20 heavy (non-hydrogen) atoms. The molecule has 110 valence electrons. The third-order valence-corrected chi connectivity index (χ3v) is 2.25. The van der Waals surface area contributed by atoms with Crippen molar-refractivity contribution in [2.45, 2.75) is 25.7 Å². The van der Waals surface area contributed by atoms with Crippen LogP contribution in [-0.4, -0.2) is 23.3 Å². The minimum absolute atomic E-state index is 0.212. The van der Waals surface area contributed by atoms with E-state index < -0.39 is 36.5 Å². The van der Waals surface area contributed by atoms with Gasteiger partial charge in [-0.3, -0.25) is 9.59 Å². The Bertz CT molecular complexity index is 486. The number of ether oxygens (including phenoxy) is 1. The van der Waals surface area contributed by atoms with Crippen LogP contribution in [-0.2, 0) is 9.59 Å². The van der Waals surface area contributed by atoms with Gasteiger partial charge < -0.3 is 15.2 Å². The van der Waals surface area contributed by atoms with E-state index in [1.165, 1.54) is 19.1 Å². The Labute approximate surface area is 112 Å². The summed E-state index contributed by atoms with van der Waals surface area (Å²) in [6.45, 7) is 1.19. The lowest BCUT2D eigenvalue weighted by Gasteiger charge is -2.17. The molecule has 0 saturated carbocycles. The second-order valence-corrected chi connectivity index (χ2v) is 3.97. The first kappa shape index (κ1) is 15.8. The summed E-state index contributed by atoms with van der Waals surface area (Å²) in [5, 5.41) is 11.1. The van der Waals surface area contributed by atoms with Gasteiger partial charge in [-0.15, -0.1) is 13.2 Å². The highest BCUT2D eigenvalue weighted by atomic mass is 19.4. The summed E-state index contributed by atoms with van der Waals surface area (Å²) >= 11 is 0. The Hall–Kier alpha value is -2.25. The van der Waals surface area contributed by atoms with Crippen molar-refractivity contribution in [1.82, 2.24) is 5.32 Å². The van der Waals surface area contributed by atoms with Crippen molar-refractivity contribution in [3.8, 4) is 5.75 Å². The Morgan fingerprint density at radius 1 is 1.40 bits per heavy atom. The predicted molar refractivity (Wildman–Crippen MR) is 61.9 cm³/mol. The van der Waals surface area contributed by atoms with E-state index in [9.17, 15) is 22.8 Å². The lowest BCUT2D eigenvalue weighted by atomic mass is 10.0. The number of carbonyl (C=O) groups excluding carboxylic acids is 1. The first-order valence-electron chi connectivity index (χ1n) is 5.52. The molecular formula is C12H12F3NO4. The number of carboxylic acid groups (broad SMARTS) is 1. The normalized spacial score (nSPS) is 12.6. The minimum atomic E-state index is -4.84. The lowest BCUT2D eigenvalue weighted by Crippen LogP contribution is -2.28. The smallest absolute Gasteiger partial charge is 0.481 e. The van der Waals surface area contributed by atoms with Gasteiger partial charge in [0.05, 0.1) is 12.5 Å². The number of halogens is 3. The molecule has 1 unspecified atom stereocenters. The molecule has 1 atom stereocenters. The van der Waals surface area contributed by atoms with Gasteiger partial charge in [-0.1, -0.05) is 12.1 Å². The monoisotopic (exact) mass is 291 g/mol. The fourth-order valence-corrected chi connectivity index (χ4v) is 1.60. The van der Waals surface area contributed by atoms with Crippen LogP contribution in [0.25, 0.3) is 0 Å². The zero-order valence-corrected chi connectivity index (χ0v) is 10.4. The summed E-state index contributed by atoms with van der Waals surface area (Å²) in [5.74, 6) is -2.15. The maximum absolute atomic E-state index is 12.1. The first-order chi connectivity index (χ1) is 9.17. The molecule has 0 aliphatic carbocycles. The molecule has 1 aromatic carbocycles. The van der Waals surface area contributed by atoms with E-state index >= 15 is 0 Å². The van der Waals surface area contributed by atoms with Crippen LogP contribution < -0.4 is 10.1 Å². The summed E-state index contributed by atoms with van der Waals surface area (Å²) < 4.78 is 40.1. The highest BCUT2D eigenvalue weighted by molar-refractivity contribution is 5.75. The molecule has 0 radical (unpaired) electrons. The molecule has 1 rings (SSSR count). The van der Waals surface area contributed by atoms with Crippen molar-refractivity contribution >= 4 is 11.9 Å². The van der Waals surface area contributed by atoms with E-state index in [0.717, 1.165) is 12.1 Å². The zero-order valence-electron chi connectivity index (χ0n) is 10.4. The minimum Gasteiger partial charge on any atom is -0.481 e. The fraction of sp³-hybridized carbons (Fsp3) is 0.333. The molecule has 0 bridgehead atoms. The number of carboxylic acids is 1. The first-order valence-corrected chi connectivity index (χ1v) is 5.52. The molecule has 1 aromatic rings. The number of hydrogen-bond donors (Lipinski definition) is 2. The number of amides is 1. The van der Waals surface area contributed by atoms with Gasteiger partial charge in [-0.2, -0.15) is 0 Å². The summed E-state index contributed by atoms with van der Waals surface area (Å²) in [4.78, 5) is 21.7. The van der Waals surface area contributed by atoms with Crippen LogP contribution in [0, 0.1) is 0 Å². The third kappa shape index (κ3) is 5.59. The Morgan fingerprint density at radius 3 is 2.55 bits per heavy atom. The van der Waals surface area contributed by atoms with Crippen molar-refractivity contribution in [2.75, 3.05) is 0 Å². The van der Waals surface area contributed by atoms with Crippen molar-refractivity contribution in [1.29, 1.82) is 0 Å². The van der Waals surface area contributed by atoms with Crippen molar-refractivity contribution in [2.24, 2.45) is 0 Å². The molecule has 8 heteroatoms. The van der Waals surface area contributed by atoms with Gasteiger partial charge in [0.2, 0.25) is 5.91 Å². The molecule has 0 aliphatic heterocycles. The number of aliphatic carboxylic acids is 1. The summed E-state index contributed by atoms with van der Waals surface area (Å²) in [6.07, 6.45) is -5.29. The second kappa shape index (κ2) is 6.27. The summed E-state index contributed by atoms with van der Waals surface area (Å²) in [6, 6.07) is 3.89.